The van der Waals surface area contributed by atoms with Crippen LogP contribution in [-0.4, -0.2) is 40.6 Å². The number of esters is 1. The summed E-state index contributed by atoms with van der Waals surface area (Å²) in [5, 5.41) is 10.7. The van der Waals surface area contributed by atoms with Crippen LogP contribution >= 0.6 is 0 Å². The Bertz CT molecular complexity index is 860. The predicted molar refractivity (Wildman–Crippen MR) is 92.1 cm³/mol. The molecule has 1 N–H and O–H groups in total. The molecule has 27 heavy (non-hydrogen) atoms. The second-order valence-corrected chi connectivity index (χ2v) is 8.15. The van der Waals surface area contributed by atoms with Crippen LogP contribution < -0.4 is 4.74 Å². The molecule has 1 saturated carbocycles. The van der Waals surface area contributed by atoms with Gasteiger partial charge >= 0.3 is 5.97 Å². The van der Waals surface area contributed by atoms with Crippen molar-refractivity contribution in [1.29, 1.82) is 0 Å². The highest BCUT2D eigenvalue weighted by Crippen LogP contribution is 2.62. The average Bonchev–Trinajstić information content (AvgIpc) is 2.85. The lowest BCUT2D eigenvalue weighted by molar-refractivity contribution is -0.384. The quantitative estimate of drug-likeness (QED) is 0.478. The van der Waals surface area contributed by atoms with E-state index in [0.717, 1.165) is 0 Å². The minimum atomic E-state index is -1.54. The van der Waals surface area contributed by atoms with Gasteiger partial charge in [0.2, 0.25) is 0 Å². The summed E-state index contributed by atoms with van der Waals surface area (Å²) in [6.45, 7) is 6.41. The fourth-order valence-corrected chi connectivity index (χ4v) is 5.33. The topological polar surface area (TPSA) is 99.1 Å². The Hall–Kier alpha value is -2.09. The van der Waals surface area contributed by atoms with Gasteiger partial charge in [-0.25, -0.2) is 0 Å². The largest absolute Gasteiger partial charge is 0.426 e. The maximum Gasteiger partial charge on any atom is 0.308 e. The Morgan fingerprint density at radius 3 is 2.63 bits per heavy atom. The number of carbonyl (C=O) groups is 3. The Kier molecular flexibility index (Phi) is 3.70. The number of Topliss-reactive ketones (excluding diaryl/α,β-unsaturated/α-hetero) is 1. The van der Waals surface area contributed by atoms with E-state index in [0.29, 0.717) is 11.8 Å². The number of aliphatic hydroxyl groups is 1. The summed E-state index contributed by atoms with van der Waals surface area (Å²) in [5.41, 5.74) is -1.82. The number of ketones is 1. The lowest BCUT2D eigenvalue weighted by Crippen LogP contribution is -2.67. The first-order chi connectivity index (χ1) is 12.6. The molecule has 1 saturated heterocycles. The Morgan fingerprint density at radius 2 is 2.00 bits per heavy atom. The molecule has 1 aliphatic heterocycles. The van der Waals surface area contributed by atoms with Crippen molar-refractivity contribution in [3.05, 3.63) is 29.3 Å². The molecule has 0 unspecified atom stereocenters. The SMILES string of the molecule is CC(=O)Oc1cccc2c1C(=O)[C@@H]1C[C@@H](O)[C@@]3(C=O)OC(C)(C)O[C@@]2(C)[C@H]13. The van der Waals surface area contributed by atoms with Crippen molar-refractivity contribution in [1.82, 2.24) is 0 Å². The van der Waals surface area contributed by atoms with Crippen molar-refractivity contribution in [3.8, 4) is 5.75 Å². The Balaban J connectivity index is 2.00. The van der Waals surface area contributed by atoms with Gasteiger partial charge < -0.3 is 24.1 Å². The second-order valence-electron chi connectivity index (χ2n) is 8.15. The molecule has 1 heterocycles. The molecule has 0 radical (unpaired) electrons. The number of hydrogen-bond acceptors (Lipinski definition) is 7. The van der Waals surface area contributed by atoms with Crippen LogP contribution in [-0.2, 0) is 24.7 Å². The second kappa shape index (κ2) is 5.47. The van der Waals surface area contributed by atoms with Crippen molar-refractivity contribution in [2.45, 2.75) is 57.2 Å². The van der Waals surface area contributed by atoms with Crippen molar-refractivity contribution in [2.24, 2.45) is 11.8 Å². The molecular formula is C20H22O7. The normalized spacial score (nSPS) is 38.7. The molecule has 7 heteroatoms. The number of ether oxygens (including phenoxy) is 3. The van der Waals surface area contributed by atoms with Crippen LogP contribution in [0.2, 0.25) is 0 Å². The lowest BCUT2D eigenvalue weighted by atomic mass is 9.62. The lowest BCUT2D eigenvalue weighted by Gasteiger charge is -2.57. The molecular weight excluding hydrogens is 352 g/mol. The van der Waals surface area contributed by atoms with Crippen molar-refractivity contribution >= 4 is 18.0 Å². The number of hydrogen-bond donors (Lipinski definition) is 1. The molecule has 5 atom stereocenters. The number of benzene rings is 1. The summed E-state index contributed by atoms with van der Waals surface area (Å²) in [7, 11) is 0. The van der Waals surface area contributed by atoms with Crippen LogP contribution in [0.25, 0.3) is 0 Å². The predicted octanol–water partition coefficient (Wildman–Crippen LogP) is 1.74. The highest BCUT2D eigenvalue weighted by molar-refractivity contribution is 6.05. The molecule has 4 rings (SSSR count). The van der Waals surface area contributed by atoms with Gasteiger partial charge in [-0.3, -0.25) is 9.59 Å². The third kappa shape index (κ3) is 2.28. The maximum absolute atomic E-state index is 13.3. The van der Waals surface area contributed by atoms with E-state index in [2.05, 4.69) is 0 Å². The highest BCUT2D eigenvalue weighted by atomic mass is 16.7. The van der Waals surface area contributed by atoms with Gasteiger partial charge in [0.25, 0.3) is 0 Å². The van der Waals surface area contributed by atoms with Gasteiger partial charge in [0.1, 0.15) is 11.4 Å². The fourth-order valence-electron chi connectivity index (χ4n) is 5.33. The zero-order chi connectivity index (χ0) is 19.8. The van der Waals surface area contributed by atoms with E-state index in [-0.39, 0.29) is 23.5 Å². The van der Waals surface area contributed by atoms with E-state index >= 15 is 0 Å². The third-order valence-electron chi connectivity index (χ3n) is 5.94. The van der Waals surface area contributed by atoms with Crippen molar-refractivity contribution < 1.29 is 33.7 Å². The maximum atomic E-state index is 13.3. The highest BCUT2D eigenvalue weighted by Gasteiger charge is 2.72. The molecule has 0 amide bonds. The zero-order valence-corrected chi connectivity index (χ0v) is 15.6. The summed E-state index contributed by atoms with van der Waals surface area (Å²) < 4.78 is 17.5. The van der Waals surface area contributed by atoms with Gasteiger partial charge in [0, 0.05) is 18.8 Å². The van der Waals surface area contributed by atoms with E-state index in [1.54, 1.807) is 39.0 Å². The van der Waals surface area contributed by atoms with E-state index < -0.39 is 40.9 Å². The fraction of sp³-hybridized carbons (Fsp3) is 0.550. The molecule has 1 aromatic carbocycles. The zero-order valence-electron chi connectivity index (χ0n) is 15.6. The first-order valence-corrected chi connectivity index (χ1v) is 8.96. The summed E-state index contributed by atoms with van der Waals surface area (Å²) in [4.78, 5) is 37.0. The molecule has 2 aliphatic carbocycles. The molecule has 0 spiro atoms. The Morgan fingerprint density at radius 1 is 1.30 bits per heavy atom. The molecule has 3 aliphatic rings. The number of aliphatic hydroxyl groups excluding tert-OH is 1. The van der Waals surface area contributed by atoms with Gasteiger partial charge in [-0.05, 0) is 38.8 Å². The number of aldehydes is 1. The summed E-state index contributed by atoms with van der Waals surface area (Å²) >= 11 is 0. The minimum Gasteiger partial charge on any atom is -0.426 e. The number of carbonyl (C=O) groups excluding carboxylic acids is 3. The monoisotopic (exact) mass is 374 g/mol. The minimum absolute atomic E-state index is 0.0745. The molecule has 0 bridgehead atoms. The van der Waals surface area contributed by atoms with E-state index in [1.165, 1.54) is 6.92 Å². The first kappa shape index (κ1) is 18.3. The van der Waals surface area contributed by atoms with Gasteiger partial charge in [0.05, 0.1) is 11.7 Å². The molecule has 7 nitrogen and oxygen atoms in total. The van der Waals surface area contributed by atoms with E-state index in [1.807, 2.05) is 0 Å². The smallest absolute Gasteiger partial charge is 0.308 e. The van der Waals surface area contributed by atoms with Crippen LogP contribution in [0.5, 0.6) is 5.75 Å². The summed E-state index contributed by atoms with van der Waals surface area (Å²) in [6.07, 6.45) is -0.451. The Labute approximate surface area is 156 Å². The van der Waals surface area contributed by atoms with Gasteiger partial charge in [-0.2, -0.15) is 0 Å². The van der Waals surface area contributed by atoms with Crippen LogP contribution in [0.1, 0.15) is 50.0 Å². The van der Waals surface area contributed by atoms with Gasteiger partial charge in [-0.1, -0.05) is 12.1 Å². The molecule has 144 valence electrons. The number of rotatable bonds is 2. The first-order valence-electron chi connectivity index (χ1n) is 8.96. The van der Waals surface area contributed by atoms with Crippen LogP contribution in [0.15, 0.2) is 18.2 Å². The van der Waals surface area contributed by atoms with Crippen LogP contribution in [0, 0.1) is 11.8 Å². The molecule has 2 fully saturated rings. The third-order valence-corrected chi connectivity index (χ3v) is 5.94. The number of fused-ring (bicyclic) bond motifs is 2. The van der Waals surface area contributed by atoms with Crippen molar-refractivity contribution in [3.63, 3.8) is 0 Å². The summed E-state index contributed by atoms with van der Waals surface area (Å²) in [5.74, 6) is -3.19. The average molecular weight is 374 g/mol. The van der Waals surface area contributed by atoms with E-state index in [9.17, 15) is 19.5 Å². The molecule has 1 aromatic rings. The van der Waals surface area contributed by atoms with Crippen LogP contribution in [0.4, 0.5) is 0 Å². The van der Waals surface area contributed by atoms with Gasteiger partial charge in [0.15, 0.2) is 23.5 Å². The molecule has 0 aromatic heterocycles. The summed E-state index contributed by atoms with van der Waals surface area (Å²) in [6, 6.07) is 4.97. The van der Waals surface area contributed by atoms with E-state index in [4.69, 9.17) is 14.2 Å². The standard InChI is InChI=1S/C20H22O7/c1-10(22)25-13-7-5-6-12-15(13)16(24)11-8-14(23)20(9-21)17(11)19(12,4)26-18(2,3)27-20/h5-7,9,11,14,17,23H,8H2,1-4H3/t11-,14+,17-,19+,20+/m0/s1. The van der Waals surface area contributed by atoms with Crippen LogP contribution in [0.3, 0.4) is 0 Å². The van der Waals surface area contributed by atoms with Gasteiger partial charge in [-0.15, -0.1) is 0 Å². The van der Waals surface area contributed by atoms with Crippen molar-refractivity contribution in [2.75, 3.05) is 0 Å².